The number of benzene rings is 2. The molecule has 0 unspecified atom stereocenters. The van der Waals surface area contributed by atoms with Crippen LogP contribution in [0.25, 0.3) is 0 Å². The summed E-state index contributed by atoms with van der Waals surface area (Å²) < 4.78 is 5.68. The first-order valence-electron chi connectivity index (χ1n) is 6.83. The van der Waals surface area contributed by atoms with Crippen molar-refractivity contribution < 1.29 is 9.84 Å². The second-order valence-electron chi connectivity index (χ2n) is 5.17. The summed E-state index contributed by atoms with van der Waals surface area (Å²) in [6.45, 7) is 6.64. The van der Waals surface area contributed by atoms with Crippen LogP contribution in [0.1, 0.15) is 25.0 Å². The van der Waals surface area contributed by atoms with E-state index in [1.165, 1.54) is 0 Å². The second kappa shape index (κ2) is 6.33. The van der Waals surface area contributed by atoms with Crippen LogP contribution < -0.4 is 10.1 Å². The van der Waals surface area contributed by atoms with Gasteiger partial charge in [0.25, 0.3) is 0 Å². The zero-order valence-electron chi connectivity index (χ0n) is 12.2. The molecule has 0 bridgehead atoms. The fourth-order valence-corrected chi connectivity index (χ4v) is 1.97. The summed E-state index contributed by atoms with van der Waals surface area (Å²) in [6, 6.07) is 13.6. The van der Waals surface area contributed by atoms with Gasteiger partial charge in [0.1, 0.15) is 11.5 Å². The number of hydrogen-bond donors (Lipinski definition) is 2. The van der Waals surface area contributed by atoms with Gasteiger partial charge in [0.2, 0.25) is 0 Å². The summed E-state index contributed by atoms with van der Waals surface area (Å²) in [5, 5.41) is 12.8. The molecule has 0 saturated heterocycles. The Hall–Kier alpha value is -2.16. The number of phenols is 1. The molecule has 2 aromatic rings. The molecule has 20 heavy (non-hydrogen) atoms. The van der Waals surface area contributed by atoms with Gasteiger partial charge in [-0.25, -0.2) is 0 Å². The van der Waals surface area contributed by atoms with Crippen LogP contribution in [-0.4, -0.2) is 11.2 Å². The first-order chi connectivity index (χ1) is 9.54. The lowest BCUT2D eigenvalue weighted by atomic mass is 10.1. The number of aryl methyl sites for hydroxylation is 1. The van der Waals surface area contributed by atoms with E-state index < -0.39 is 0 Å². The molecule has 3 nitrogen and oxygen atoms in total. The van der Waals surface area contributed by atoms with Crippen molar-refractivity contribution in [1.82, 2.24) is 0 Å². The summed E-state index contributed by atoms with van der Waals surface area (Å²) in [6.07, 6.45) is 0.179. The number of aromatic hydroxyl groups is 1. The summed E-state index contributed by atoms with van der Waals surface area (Å²) in [5.41, 5.74) is 3.02. The van der Waals surface area contributed by atoms with Gasteiger partial charge in [0.15, 0.2) is 0 Å². The van der Waals surface area contributed by atoms with E-state index in [1.54, 1.807) is 6.07 Å². The van der Waals surface area contributed by atoms with Gasteiger partial charge >= 0.3 is 0 Å². The third-order valence-corrected chi connectivity index (χ3v) is 2.96. The van der Waals surface area contributed by atoms with E-state index >= 15 is 0 Å². The Morgan fingerprint density at radius 2 is 1.95 bits per heavy atom. The molecular formula is C17H21NO2. The van der Waals surface area contributed by atoms with E-state index in [1.807, 2.05) is 51.1 Å². The van der Waals surface area contributed by atoms with Gasteiger partial charge in [0, 0.05) is 12.2 Å². The monoisotopic (exact) mass is 271 g/mol. The van der Waals surface area contributed by atoms with Gasteiger partial charge in [-0.2, -0.15) is 0 Å². The molecule has 0 heterocycles. The lowest BCUT2D eigenvalue weighted by Crippen LogP contribution is -2.06. The maximum Gasteiger partial charge on any atom is 0.120 e. The fraction of sp³-hybridized carbons (Fsp3) is 0.294. The largest absolute Gasteiger partial charge is 0.508 e. The molecule has 0 spiro atoms. The molecule has 3 heteroatoms. The molecule has 0 saturated carbocycles. The van der Waals surface area contributed by atoms with Gasteiger partial charge in [-0.15, -0.1) is 0 Å². The molecule has 0 aliphatic heterocycles. The maximum atomic E-state index is 9.50. The normalized spacial score (nSPS) is 10.6. The van der Waals surface area contributed by atoms with Gasteiger partial charge in [-0.3, -0.25) is 0 Å². The minimum Gasteiger partial charge on any atom is -0.508 e. The number of ether oxygens (including phenoxy) is 1. The lowest BCUT2D eigenvalue weighted by Gasteiger charge is -2.12. The zero-order valence-corrected chi connectivity index (χ0v) is 12.2. The Labute approximate surface area is 120 Å². The lowest BCUT2D eigenvalue weighted by molar-refractivity contribution is 0.242. The molecule has 0 aliphatic rings. The highest BCUT2D eigenvalue weighted by Gasteiger charge is 2.01. The molecule has 0 radical (unpaired) electrons. The van der Waals surface area contributed by atoms with Gasteiger partial charge in [-0.05, 0) is 62.2 Å². The third kappa shape index (κ3) is 3.92. The molecule has 0 atom stereocenters. The van der Waals surface area contributed by atoms with Crippen molar-refractivity contribution in [2.75, 3.05) is 5.32 Å². The van der Waals surface area contributed by atoms with Crippen molar-refractivity contribution in [3.63, 3.8) is 0 Å². The topological polar surface area (TPSA) is 41.5 Å². The number of phenolic OH excluding ortho intramolecular Hbond substituents is 1. The first-order valence-corrected chi connectivity index (χ1v) is 6.83. The van der Waals surface area contributed by atoms with Crippen LogP contribution in [0.15, 0.2) is 42.5 Å². The average Bonchev–Trinajstić information content (AvgIpc) is 2.40. The molecule has 0 fully saturated rings. The highest BCUT2D eigenvalue weighted by molar-refractivity contribution is 5.50. The summed E-state index contributed by atoms with van der Waals surface area (Å²) in [7, 11) is 0. The molecular weight excluding hydrogens is 250 g/mol. The van der Waals surface area contributed by atoms with Crippen LogP contribution in [0.3, 0.4) is 0 Å². The van der Waals surface area contributed by atoms with Crippen LogP contribution in [0.2, 0.25) is 0 Å². The standard InChI is InChI=1S/C17H21NO2/c1-12(2)20-16-6-4-5-14(10-16)11-18-15-7-8-17(19)13(3)9-15/h4-10,12,18-19H,11H2,1-3H3. The summed E-state index contributed by atoms with van der Waals surface area (Å²) in [4.78, 5) is 0. The van der Waals surface area contributed by atoms with Gasteiger partial charge in [0.05, 0.1) is 6.10 Å². The van der Waals surface area contributed by atoms with Gasteiger partial charge in [-0.1, -0.05) is 12.1 Å². The molecule has 106 valence electrons. The van der Waals surface area contributed by atoms with Crippen LogP contribution in [-0.2, 0) is 6.54 Å². The van der Waals surface area contributed by atoms with E-state index in [0.717, 1.165) is 29.1 Å². The maximum absolute atomic E-state index is 9.50. The van der Waals surface area contributed by atoms with E-state index in [2.05, 4.69) is 11.4 Å². The molecule has 2 rings (SSSR count). The van der Waals surface area contributed by atoms with Crippen molar-refractivity contribution in [2.45, 2.75) is 33.4 Å². The van der Waals surface area contributed by atoms with Crippen LogP contribution in [0.5, 0.6) is 11.5 Å². The minimum atomic E-state index is 0.179. The van der Waals surface area contributed by atoms with E-state index in [-0.39, 0.29) is 6.10 Å². The predicted molar refractivity (Wildman–Crippen MR) is 82.4 cm³/mol. The van der Waals surface area contributed by atoms with E-state index in [4.69, 9.17) is 4.74 Å². The minimum absolute atomic E-state index is 0.179. The Morgan fingerprint density at radius 1 is 1.15 bits per heavy atom. The number of rotatable bonds is 5. The van der Waals surface area contributed by atoms with Gasteiger partial charge < -0.3 is 15.2 Å². The van der Waals surface area contributed by atoms with Crippen molar-refractivity contribution in [2.24, 2.45) is 0 Å². The number of anilines is 1. The predicted octanol–water partition coefficient (Wildman–Crippen LogP) is 4.10. The van der Waals surface area contributed by atoms with Crippen LogP contribution in [0, 0.1) is 6.92 Å². The first kappa shape index (κ1) is 14.3. The summed E-state index contributed by atoms with van der Waals surface area (Å²) in [5.74, 6) is 1.21. The SMILES string of the molecule is Cc1cc(NCc2cccc(OC(C)C)c2)ccc1O. The van der Waals surface area contributed by atoms with Crippen LogP contribution in [0.4, 0.5) is 5.69 Å². The molecule has 0 aromatic heterocycles. The molecule has 2 N–H and O–H groups in total. The smallest absolute Gasteiger partial charge is 0.120 e. The molecule has 2 aromatic carbocycles. The Bertz CT molecular complexity index is 579. The van der Waals surface area contributed by atoms with Crippen LogP contribution >= 0.6 is 0 Å². The fourth-order valence-electron chi connectivity index (χ4n) is 1.97. The van der Waals surface area contributed by atoms with Crippen molar-refractivity contribution in [3.05, 3.63) is 53.6 Å². The summed E-state index contributed by atoms with van der Waals surface area (Å²) >= 11 is 0. The van der Waals surface area contributed by atoms with Crippen molar-refractivity contribution in [1.29, 1.82) is 0 Å². The van der Waals surface area contributed by atoms with Crippen molar-refractivity contribution >= 4 is 5.69 Å². The van der Waals surface area contributed by atoms with E-state index in [9.17, 15) is 5.11 Å². The third-order valence-electron chi connectivity index (χ3n) is 2.96. The van der Waals surface area contributed by atoms with E-state index in [0.29, 0.717) is 5.75 Å². The van der Waals surface area contributed by atoms with Crippen molar-refractivity contribution in [3.8, 4) is 11.5 Å². The Morgan fingerprint density at radius 3 is 2.65 bits per heavy atom. The number of nitrogens with one attached hydrogen (secondary N) is 1. The number of hydrogen-bond acceptors (Lipinski definition) is 3. The molecule has 0 amide bonds. The Kier molecular flexibility index (Phi) is 4.51. The Balaban J connectivity index is 2.01. The highest BCUT2D eigenvalue weighted by Crippen LogP contribution is 2.21. The zero-order chi connectivity index (χ0) is 14.5. The quantitative estimate of drug-likeness (QED) is 0.804. The second-order valence-corrected chi connectivity index (χ2v) is 5.17. The molecule has 0 aliphatic carbocycles. The average molecular weight is 271 g/mol. The highest BCUT2D eigenvalue weighted by atomic mass is 16.5.